The molecule has 0 unspecified atom stereocenters. The van der Waals surface area contributed by atoms with Gasteiger partial charge in [-0.1, -0.05) is 65.0 Å². The maximum absolute atomic E-state index is 7.18. The molecule has 0 radical (unpaired) electrons. The van der Waals surface area contributed by atoms with Gasteiger partial charge in [-0.25, -0.2) is 0 Å². The zero-order valence-electron chi connectivity index (χ0n) is 14.6. The monoisotopic (exact) mass is 300 g/mol. The molecule has 1 N–H and O–H groups in total. The van der Waals surface area contributed by atoms with Crippen molar-refractivity contribution in [3.63, 3.8) is 0 Å². The van der Waals surface area contributed by atoms with Gasteiger partial charge in [-0.2, -0.15) is 5.26 Å². The van der Waals surface area contributed by atoms with Gasteiger partial charge in [-0.15, -0.1) is 0 Å². The standard InChI is InChI=1S/C16H35N.CHNS/c1-7-9-11-13-15(3,4)17-16(5,6)14-12-10-8-2;2-1-3/h17H,7-14H2,1-6H3;3H. The molecule has 0 saturated carbocycles. The van der Waals surface area contributed by atoms with Gasteiger partial charge in [0.15, 0.2) is 0 Å². The van der Waals surface area contributed by atoms with E-state index in [0.717, 1.165) is 0 Å². The molecule has 2 nitrogen and oxygen atoms in total. The molecule has 0 aliphatic carbocycles. The number of rotatable bonds is 10. The van der Waals surface area contributed by atoms with Crippen molar-refractivity contribution in [3.8, 4) is 5.40 Å². The number of nitrogens with zero attached hydrogens (tertiary/aromatic N) is 1. The zero-order valence-corrected chi connectivity index (χ0v) is 15.4. The molecule has 0 fully saturated rings. The van der Waals surface area contributed by atoms with Crippen molar-refractivity contribution in [1.82, 2.24) is 5.32 Å². The number of thiol groups is 1. The van der Waals surface area contributed by atoms with Crippen LogP contribution in [0.15, 0.2) is 0 Å². The molecular formula is C17H36N2S. The summed E-state index contributed by atoms with van der Waals surface area (Å²) in [6.45, 7) is 14.0. The number of hydrogen-bond acceptors (Lipinski definition) is 3. The summed E-state index contributed by atoms with van der Waals surface area (Å²) >= 11 is 3.09. The highest BCUT2D eigenvalue weighted by Crippen LogP contribution is 2.22. The SMILES string of the molecule is CCCCCC(C)(C)NC(C)(C)CCCCC.N#CS. The van der Waals surface area contributed by atoms with Gasteiger partial charge in [0.05, 0.1) is 0 Å². The largest absolute Gasteiger partial charge is 0.307 e. The van der Waals surface area contributed by atoms with E-state index in [4.69, 9.17) is 5.26 Å². The van der Waals surface area contributed by atoms with Crippen LogP contribution in [-0.2, 0) is 0 Å². The Hall–Kier alpha value is -0.200. The highest BCUT2D eigenvalue weighted by molar-refractivity contribution is 7.85. The van der Waals surface area contributed by atoms with Crippen LogP contribution in [0.4, 0.5) is 0 Å². The molecule has 0 aliphatic rings. The van der Waals surface area contributed by atoms with Crippen LogP contribution in [0, 0.1) is 10.7 Å². The lowest BCUT2D eigenvalue weighted by atomic mass is 9.89. The lowest BCUT2D eigenvalue weighted by Crippen LogP contribution is -2.51. The van der Waals surface area contributed by atoms with Crippen molar-refractivity contribution >= 4 is 12.6 Å². The molecule has 0 spiro atoms. The van der Waals surface area contributed by atoms with Gasteiger partial charge in [-0.3, -0.25) is 0 Å². The van der Waals surface area contributed by atoms with Crippen LogP contribution in [0.25, 0.3) is 0 Å². The molecule has 0 aromatic rings. The molecule has 0 bridgehead atoms. The summed E-state index contributed by atoms with van der Waals surface area (Å²) < 4.78 is 0. The molecule has 20 heavy (non-hydrogen) atoms. The quantitative estimate of drug-likeness (QED) is 0.309. The third-order valence-corrected chi connectivity index (χ3v) is 3.49. The second-order valence-electron chi connectivity index (χ2n) is 6.91. The molecule has 0 atom stereocenters. The van der Waals surface area contributed by atoms with E-state index in [9.17, 15) is 0 Å². The van der Waals surface area contributed by atoms with Crippen LogP contribution in [0.1, 0.15) is 92.9 Å². The first-order chi connectivity index (χ1) is 9.24. The summed E-state index contributed by atoms with van der Waals surface area (Å²) in [6.07, 6.45) is 10.6. The van der Waals surface area contributed by atoms with E-state index in [1.54, 1.807) is 0 Å². The van der Waals surface area contributed by atoms with Crippen molar-refractivity contribution < 1.29 is 0 Å². The molecule has 0 heterocycles. The van der Waals surface area contributed by atoms with E-state index in [1.165, 1.54) is 56.8 Å². The van der Waals surface area contributed by atoms with E-state index in [-0.39, 0.29) is 11.1 Å². The maximum atomic E-state index is 7.18. The first kappa shape index (κ1) is 22.1. The van der Waals surface area contributed by atoms with E-state index >= 15 is 0 Å². The van der Waals surface area contributed by atoms with Gasteiger partial charge >= 0.3 is 0 Å². The molecular weight excluding hydrogens is 264 g/mol. The van der Waals surface area contributed by atoms with Gasteiger partial charge < -0.3 is 5.32 Å². The van der Waals surface area contributed by atoms with E-state index in [2.05, 4.69) is 59.5 Å². The van der Waals surface area contributed by atoms with Gasteiger partial charge in [-0.05, 0) is 40.5 Å². The number of nitrogens with one attached hydrogen (secondary N) is 1. The molecule has 3 heteroatoms. The Morgan fingerprint density at radius 1 is 0.850 bits per heavy atom. The van der Waals surface area contributed by atoms with Crippen molar-refractivity contribution in [2.75, 3.05) is 0 Å². The summed E-state index contributed by atoms with van der Waals surface area (Å²) in [4.78, 5) is 0. The summed E-state index contributed by atoms with van der Waals surface area (Å²) in [7, 11) is 0. The summed E-state index contributed by atoms with van der Waals surface area (Å²) in [6, 6.07) is 0. The van der Waals surface area contributed by atoms with Gasteiger partial charge in [0.25, 0.3) is 0 Å². The van der Waals surface area contributed by atoms with Gasteiger partial charge in [0, 0.05) is 11.1 Å². The topological polar surface area (TPSA) is 35.8 Å². The number of unbranched alkanes of at least 4 members (excludes halogenated alkanes) is 4. The molecule has 0 rings (SSSR count). The Morgan fingerprint density at radius 2 is 1.15 bits per heavy atom. The Balaban J connectivity index is 0. The second-order valence-corrected chi connectivity index (χ2v) is 7.11. The molecule has 0 aromatic carbocycles. The van der Waals surface area contributed by atoms with Gasteiger partial charge in [0.1, 0.15) is 5.40 Å². The molecule has 0 aromatic heterocycles. The predicted octanol–water partition coefficient (Wildman–Crippen LogP) is 5.69. The normalized spacial score (nSPS) is 11.5. The minimum Gasteiger partial charge on any atom is -0.307 e. The first-order valence-electron chi connectivity index (χ1n) is 8.07. The fraction of sp³-hybridized carbons (Fsp3) is 0.941. The maximum Gasteiger partial charge on any atom is 0.130 e. The third kappa shape index (κ3) is 15.9. The van der Waals surface area contributed by atoms with Crippen molar-refractivity contribution in [2.24, 2.45) is 0 Å². The zero-order chi connectivity index (χ0) is 16.1. The van der Waals surface area contributed by atoms with E-state index < -0.39 is 0 Å². The molecule has 120 valence electrons. The van der Waals surface area contributed by atoms with Crippen LogP contribution in [-0.4, -0.2) is 11.1 Å². The summed E-state index contributed by atoms with van der Waals surface area (Å²) in [5.74, 6) is 0. The highest BCUT2D eigenvalue weighted by atomic mass is 32.1. The molecule has 0 saturated heterocycles. The van der Waals surface area contributed by atoms with Crippen molar-refractivity contribution in [2.45, 2.75) is 104 Å². The lowest BCUT2D eigenvalue weighted by Gasteiger charge is -2.37. The van der Waals surface area contributed by atoms with Gasteiger partial charge in [0.2, 0.25) is 0 Å². The van der Waals surface area contributed by atoms with Crippen LogP contribution < -0.4 is 5.32 Å². The fourth-order valence-electron chi connectivity index (χ4n) is 2.67. The number of nitriles is 1. The second kappa shape index (κ2) is 12.5. The van der Waals surface area contributed by atoms with E-state index in [0.29, 0.717) is 0 Å². The van der Waals surface area contributed by atoms with Crippen molar-refractivity contribution in [3.05, 3.63) is 0 Å². The van der Waals surface area contributed by atoms with Crippen molar-refractivity contribution in [1.29, 1.82) is 5.26 Å². The van der Waals surface area contributed by atoms with Crippen LogP contribution in [0.5, 0.6) is 0 Å². The molecule has 0 aliphatic heterocycles. The first-order valence-corrected chi connectivity index (χ1v) is 8.52. The Labute approximate surface area is 133 Å². The lowest BCUT2D eigenvalue weighted by molar-refractivity contribution is 0.231. The highest BCUT2D eigenvalue weighted by Gasteiger charge is 2.26. The van der Waals surface area contributed by atoms with Crippen LogP contribution in [0.3, 0.4) is 0 Å². The minimum absolute atomic E-state index is 0.283. The fourth-order valence-corrected chi connectivity index (χ4v) is 2.67. The average molecular weight is 301 g/mol. The van der Waals surface area contributed by atoms with E-state index in [1.807, 2.05) is 0 Å². The summed E-state index contributed by atoms with van der Waals surface area (Å²) in [5, 5.41) is 12.5. The number of hydrogen-bond donors (Lipinski definition) is 2. The summed E-state index contributed by atoms with van der Waals surface area (Å²) in [5.41, 5.74) is 0.565. The Morgan fingerprint density at radius 3 is 1.40 bits per heavy atom. The predicted molar refractivity (Wildman–Crippen MR) is 94.2 cm³/mol. The average Bonchev–Trinajstić information content (AvgIpc) is 2.28. The van der Waals surface area contributed by atoms with Crippen LogP contribution >= 0.6 is 12.6 Å². The van der Waals surface area contributed by atoms with Crippen LogP contribution in [0.2, 0.25) is 0 Å². The smallest absolute Gasteiger partial charge is 0.130 e. The Kier molecular flexibility index (Phi) is 13.8. The molecule has 0 amide bonds. The third-order valence-electron chi connectivity index (χ3n) is 3.49. The number of thiocyanates is 1. The Bertz CT molecular complexity index is 234. The minimum atomic E-state index is 0.283.